The maximum Gasteiger partial charge on any atom is 0.241 e. The van der Waals surface area contributed by atoms with Gasteiger partial charge in [0.05, 0.1) is 18.0 Å². The number of sulfonamides is 1. The smallest absolute Gasteiger partial charge is 0.241 e. The third-order valence-corrected chi connectivity index (χ3v) is 4.97. The summed E-state index contributed by atoms with van der Waals surface area (Å²) in [5.74, 6) is 6.94. The number of hydrogen-bond acceptors (Lipinski definition) is 4. The fourth-order valence-corrected chi connectivity index (χ4v) is 3.22. The first-order valence-electron chi connectivity index (χ1n) is 8.56. The van der Waals surface area contributed by atoms with E-state index in [1.165, 1.54) is 12.1 Å². The standard InChI is InChI=1S/C21H23NO4S/c1-3-9-18-10-5-6-11-21(18)26-17-8-7-16-22-27(23,24)20-14-12-19(13-15-20)25-4-2/h3,5-6,10-15,22H,1,4,9,16-17H2,2H3. The SMILES string of the molecule is C=CCc1ccccc1OCC#CCNS(=O)(=O)c1ccc(OCC)cc1. The topological polar surface area (TPSA) is 64.6 Å². The van der Waals surface area contributed by atoms with Gasteiger partial charge in [-0.15, -0.1) is 6.58 Å². The van der Waals surface area contributed by atoms with Crippen molar-refractivity contribution in [3.63, 3.8) is 0 Å². The molecule has 0 saturated heterocycles. The van der Waals surface area contributed by atoms with E-state index in [0.29, 0.717) is 18.8 Å². The quantitative estimate of drug-likeness (QED) is 0.532. The maximum atomic E-state index is 12.2. The van der Waals surface area contributed by atoms with Gasteiger partial charge in [0.2, 0.25) is 10.0 Å². The lowest BCUT2D eigenvalue weighted by atomic mass is 10.1. The molecule has 0 aromatic heterocycles. The van der Waals surface area contributed by atoms with Crippen LogP contribution >= 0.6 is 0 Å². The average Bonchev–Trinajstić information content (AvgIpc) is 2.67. The van der Waals surface area contributed by atoms with Crippen LogP contribution in [0.3, 0.4) is 0 Å². The summed E-state index contributed by atoms with van der Waals surface area (Å²) >= 11 is 0. The second kappa shape index (κ2) is 10.4. The zero-order valence-corrected chi connectivity index (χ0v) is 16.1. The largest absolute Gasteiger partial charge is 0.494 e. The van der Waals surface area contributed by atoms with Crippen molar-refractivity contribution >= 4 is 10.0 Å². The highest BCUT2D eigenvalue weighted by Crippen LogP contribution is 2.18. The van der Waals surface area contributed by atoms with Gasteiger partial charge in [-0.25, -0.2) is 8.42 Å². The van der Waals surface area contributed by atoms with E-state index in [9.17, 15) is 8.42 Å². The van der Waals surface area contributed by atoms with Crippen molar-refractivity contribution in [1.29, 1.82) is 0 Å². The molecule has 142 valence electrons. The molecule has 2 aromatic rings. The summed E-state index contributed by atoms with van der Waals surface area (Å²) in [6, 6.07) is 13.9. The molecule has 5 nitrogen and oxygen atoms in total. The van der Waals surface area contributed by atoms with Crippen molar-refractivity contribution in [3.05, 3.63) is 66.7 Å². The van der Waals surface area contributed by atoms with Gasteiger partial charge in [0.25, 0.3) is 0 Å². The first kappa shape index (κ1) is 20.6. The van der Waals surface area contributed by atoms with Crippen LogP contribution in [0.15, 0.2) is 66.1 Å². The number of rotatable bonds is 9. The van der Waals surface area contributed by atoms with Crippen molar-refractivity contribution < 1.29 is 17.9 Å². The van der Waals surface area contributed by atoms with Gasteiger partial charge in [-0.2, -0.15) is 4.72 Å². The Morgan fingerprint density at radius 2 is 1.81 bits per heavy atom. The number of hydrogen-bond donors (Lipinski definition) is 1. The third-order valence-electron chi connectivity index (χ3n) is 3.56. The zero-order chi connectivity index (χ0) is 19.5. The van der Waals surface area contributed by atoms with Gasteiger partial charge in [-0.1, -0.05) is 36.1 Å². The molecule has 27 heavy (non-hydrogen) atoms. The lowest BCUT2D eigenvalue weighted by molar-refractivity contribution is 0.340. The van der Waals surface area contributed by atoms with Gasteiger partial charge in [0.15, 0.2) is 0 Å². The molecule has 0 aliphatic rings. The molecular weight excluding hydrogens is 362 g/mol. The van der Waals surface area contributed by atoms with Crippen LogP contribution in [0, 0.1) is 11.8 Å². The molecule has 0 fully saturated rings. The van der Waals surface area contributed by atoms with Crippen molar-refractivity contribution in [2.24, 2.45) is 0 Å². The number of allylic oxidation sites excluding steroid dienone is 1. The lowest BCUT2D eigenvalue weighted by Gasteiger charge is -2.07. The number of para-hydroxylation sites is 1. The van der Waals surface area contributed by atoms with Crippen molar-refractivity contribution in [2.45, 2.75) is 18.2 Å². The molecule has 0 saturated carbocycles. The number of ether oxygens (including phenoxy) is 2. The van der Waals surface area contributed by atoms with Crippen LogP contribution in [0.25, 0.3) is 0 Å². The fourth-order valence-electron chi connectivity index (χ4n) is 2.29. The second-order valence-electron chi connectivity index (χ2n) is 5.47. The van der Waals surface area contributed by atoms with Crippen LogP contribution in [-0.4, -0.2) is 28.2 Å². The van der Waals surface area contributed by atoms with Crippen LogP contribution in [0.5, 0.6) is 11.5 Å². The van der Waals surface area contributed by atoms with E-state index in [1.54, 1.807) is 12.1 Å². The average molecular weight is 385 g/mol. The van der Waals surface area contributed by atoms with Gasteiger partial charge >= 0.3 is 0 Å². The van der Waals surface area contributed by atoms with Crippen LogP contribution in [-0.2, 0) is 16.4 Å². The van der Waals surface area contributed by atoms with Crippen LogP contribution < -0.4 is 14.2 Å². The molecule has 0 bridgehead atoms. The molecule has 0 amide bonds. The molecule has 2 aromatic carbocycles. The summed E-state index contributed by atoms with van der Waals surface area (Å²) in [7, 11) is -3.61. The highest BCUT2D eigenvalue weighted by atomic mass is 32.2. The van der Waals surface area contributed by atoms with Crippen molar-refractivity contribution in [1.82, 2.24) is 4.72 Å². The molecule has 0 radical (unpaired) electrons. The lowest BCUT2D eigenvalue weighted by Crippen LogP contribution is -2.24. The minimum Gasteiger partial charge on any atom is -0.494 e. The van der Waals surface area contributed by atoms with Crippen LogP contribution in [0.4, 0.5) is 0 Å². The summed E-state index contributed by atoms with van der Waals surface area (Å²) in [6.07, 6.45) is 2.52. The first-order chi connectivity index (χ1) is 13.1. The van der Waals surface area contributed by atoms with Gasteiger partial charge in [-0.3, -0.25) is 0 Å². The Balaban J connectivity index is 1.85. The Kier molecular flexibility index (Phi) is 7.93. The minimum atomic E-state index is -3.61. The zero-order valence-electron chi connectivity index (χ0n) is 15.3. The maximum absolute atomic E-state index is 12.2. The van der Waals surface area contributed by atoms with E-state index >= 15 is 0 Å². The Hall–Kier alpha value is -2.75. The van der Waals surface area contributed by atoms with Gasteiger partial charge in [0.1, 0.15) is 18.1 Å². The molecule has 1 N–H and O–H groups in total. The minimum absolute atomic E-state index is 0.00715. The van der Waals surface area contributed by atoms with E-state index in [1.807, 2.05) is 37.3 Å². The number of benzene rings is 2. The summed E-state index contributed by atoms with van der Waals surface area (Å²) in [4.78, 5) is 0.169. The van der Waals surface area contributed by atoms with E-state index in [4.69, 9.17) is 9.47 Å². The highest BCUT2D eigenvalue weighted by molar-refractivity contribution is 7.89. The molecular formula is C21H23NO4S. The van der Waals surface area contributed by atoms with Crippen LogP contribution in [0.2, 0.25) is 0 Å². The predicted molar refractivity (Wildman–Crippen MR) is 106 cm³/mol. The molecule has 0 heterocycles. The fraction of sp³-hybridized carbons (Fsp3) is 0.238. The Morgan fingerprint density at radius 3 is 2.52 bits per heavy atom. The Morgan fingerprint density at radius 1 is 1.07 bits per heavy atom. The number of nitrogens with one attached hydrogen (secondary N) is 1. The molecule has 2 rings (SSSR count). The van der Waals surface area contributed by atoms with E-state index in [0.717, 1.165) is 11.3 Å². The highest BCUT2D eigenvalue weighted by Gasteiger charge is 2.12. The summed E-state index contributed by atoms with van der Waals surface area (Å²) in [5, 5.41) is 0. The summed E-state index contributed by atoms with van der Waals surface area (Å²) in [5.41, 5.74) is 1.03. The molecule has 0 aliphatic heterocycles. The normalized spacial score (nSPS) is 10.6. The molecule has 0 atom stereocenters. The van der Waals surface area contributed by atoms with Gasteiger partial charge in [0, 0.05) is 0 Å². The van der Waals surface area contributed by atoms with E-state index < -0.39 is 10.0 Å². The Labute approximate surface area is 161 Å². The molecule has 0 spiro atoms. The van der Waals surface area contributed by atoms with Gasteiger partial charge in [-0.05, 0) is 49.2 Å². The van der Waals surface area contributed by atoms with Crippen molar-refractivity contribution in [3.8, 4) is 23.3 Å². The van der Waals surface area contributed by atoms with Crippen LogP contribution in [0.1, 0.15) is 12.5 Å². The molecule has 0 aliphatic carbocycles. The van der Waals surface area contributed by atoms with Crippen molar-refractivity contribution in [2.75, 3.05) is 19.8 Å². The van der Waals surface area contributed by atoms with Gasteiger partial charge < -0.3 is 9.47 Å². The van der Waals surface area contributed by atoms with E-state index in [2.05, 4.69) is 23.1 Å². The summed E-state index contributed by atoms with van der Waals surface area (Å²) < 4.78 is 37.8. The van der Waals surface area contributed by atoms with E-state index in [-0.39, 0.29) is 18.0 Å². The third kappa shape index (κ3) is 6.48. The Bertz CT molecular complexity index is 909. The molecule has 6 heteroatoms. The monoisotopic (exact) mass is 385 g/mol. The second-order valence-corrected chi connectivity index (χ2v) is 7.24. The first-order valence-corrected chi connectivity index (χ1v) is 10.0. The predicted octanol–water partition coefficient (Wildman–Crippen LogP) is 3.17. The summed E-state index contributed by atoms with van der Waals surface area (Å²) in [6.45, 7) is 6.31. The molecule has 0 unspecified atom stereocenters.